The third kappa shape index (κ3) is 10.2. The quantitative estimate of drug-likeness (QED) is 0.481. The predicted molar refractivity (Wildman–Crippen MR) is 125 cm³/mol. The zero-order chi connectivity index (χ0) is 24.3. The van der Waals surface area contributed by atoms with Gasteiger partial charge in [-0.1, -0.05) is 81.4 Å². The van der Waals surface area contributed by atoms with Crippen LogP contribution in [-0.4, -0.2) is 36.6 Å². The van der Waals surface area contributed by atoms with E-state index < -0.39 is 30.0 Å². The third-order valence-electron chi connectivity index (χ3n) is 4.69. The summed E-state index contributed by atoms with van der Waals surface area (Å²) in [6.45, 7) is 6.09. The fourth-order valence-electron chi connectivity index (χ4n) is 3.06. The van der Waals surface area contributed by atoms with Gasteiger partial charge in [0.1, 0.15) is 18.7 Å². The maximum atomic E-state index is 12.9. The minimum atomic E-state index is -1.04. The topological polar surface area (TPSA) is 120 Å². The van der Waals surface area contributed by atoms with Gasteiger partial charge in [0.2, 0.25) is 11.8 Å². The van der Waals surface area contributed by atoms with Crippen LogP contribution >= 0.6 is 0 Å². The third-order valence-corrected chi connectivity index (χ3v) is 4.69. The summed E-state index contributed by atoms with van der Waals surface area (Å²) in [6, 6.07) is 16.7. The second-order valence-corrected chi connectivity index (χ2v) is 8.99. The summed E-state index contributed by atoms with van der Waals surface area (Å²) in [5.41, 5.74) is 6.94. The van der Waals surface area contributed by atoms with Gasteiger partial charge in [-0.3, -0.25) is 9.59 Å². The number of hydrogen-bond acceptors (Lipinski definition) is 5. The molecule has 0 radical (unpaired) electrons. The van der Waals surface area contributed by atoms with Crippen molar-refractivity contribution in [2.24, 2.45) is 11.1 Å². The number of primary amides is 1. The second kappa shape index (κ2) is 12.6. The van der Waals surface area contributed by atoms with E-state index in [0.29, 0.717) is 6.42 Å². The van der Waals surface area contributed by atoms with Crippen molar-refractivity contribution >= 4 is 17.9 Å². The van der Waals surface area contributed by atoms with Crippen LogP contribution < -0.4 is 16.4 Å². The van der Waals surface area contributed by atoms with Gasteiger partial charge in [0.15, 0.2) is 0 Å². The fraction of sp³-hybridized carbons (Fsp3) is 0.400. The van der Waals surface area contributed by atoms with Crippen LogP contribution in [0.2, 0.25) is 0 Å². The predicted octanol–water partition coefficient (Wildman–Crippen LogP) is 2.90. The first-order valence-corrected chi connectivity index (χ1v) is 10.8. The number of alkyl carbamates (subject to hydrolysis) is 1. The average Bonchev–Trinajstić information content (AvgIpc) is 2.77. The molecule has 4 N–H and O–H groups in total. The van der Waals surface area contributed by atoms with E-state index >= 15 is 0 Å². The molecule has 3 amide bonds. The second-order valence-electron chi connectivity index (χ2n) is 8.99. The summed E-state index contributed by atoms with van der Waals surface area (Å²) in [6.07, 6.45) is -0.394. The molecule has 2 rings (SSSR count). The number of amides is 3. The summed E-state index contributed by atoms with van der Waals surface area (Å²) < 4.78 is 10.8. The number of hydrogen-bond donors (Lipinski definition) is 3. The van der Waals surface area contributed by atoms with E-state index in [2.05, 4.69) is 10.6 Å². The molecule has 0 fully saturated rings. The number of ether oxygens (including phenoxy) is 2. The Labute approximate surface area is 194 Å². The Morgan fingerprint density at radius 1 is 0.848 bits per heavy atom. The van der Waals surface area contributed by atoms with Gasteiger partial charge in [-0.2, -0.15) is 0 Å². The SMILES string of the molecule is CC(C)(C)C[C@H](NC(=O)OCc1ccccc1)C(=O)N[C@@H](COCc1ccccc1)C(N)=O. The largest absolute Gasteiger partial charge is 0.445 e. The van der Waals surface area contributed by atoms with Gasteiger partial charge in [0, 0.05) is 0 Å². The molecule has 2 aromatic rings. The van der Waals surface area contributed by atoms with E-state index in [1.807, 2.05) is 81.4 Å². The molecule has 2 aromatic carbocycles. The van der Waals surface area contributed by atoms with E-state index in [1.165, 1.54) is 0 Å². The highest BCUT2D eigenvalue weighted by Crippen LogP contribution is 2.21. The lowest BCUT2D eigenvalue weighted by Crippen LogP contribution is -2.55. The van der Waals surface area contributed by atoms with Crippen molar-refractivity contribution in [3.05, 3.63) is 71.8 Å². The van der Waals surface area contributed by atoms with E-state index in [9.17, 15) is 14.4 Å². The molecule has 8 heteroatoms. The van der Waals surface area contributed by atoms with E-state index in [4.69, 9.17) is 15.2 Å². The van der Waals surface area contributed by atoms with Gasteiger partial charge in [-0.05, 0) is 23.0 Å². The van der Waals surface area contributed by atoms with Crippen molar-refractivity contribution in [2.75, 3.05) is 6.61 Å². The van der Waals surface area contributed by atoms with Crippen LogP contribution in [0.5, 0.6) is 0 Å². The van der Waals surface area contributed by atoms with Crippen molar-refractivity contribution in [1.29, 1.82) is 0 Å². The summed E-state index contributed by atoms with van der Waals surface area (Å²) in [5, 5.41) is 5.20. The van der Waals surface area contributed by atoms with Crippen LogP contribution in [0, 0.1) is 5.41 Å². The Morgan fingerprint density at radius 3 is 1.91 bits per heavy atom. The van der Waals surface area contributed by atoms with Crippen LogP contribution in [0.25, 0.3) is 0 Å². The molecular weight excluding hydrogens is 422 g/mol. The van der Waals surface area contributed by atoms with Crippen LogP contribution in [-0.2, 0) is 32.3 Å². The number of nitrogens with two attached hydrogens (primary N) is 1. The van der Waals surface area contributed by atoms with Crippen LogP contribution in [0.3, 0.4) is 0 Å². The van der Waals surface area contributed by atoms with Crippen molar-refractivity contribution in [3.63, 3.8) is 0 Å². The van der Waals surface area contributed by atoms with Crippen molar-refractivity contribution < 1.29 is 23.9 Å². The van der Waals surface area contributed by atoms with E-state index in [1.54, 1.807) is 0 Å². The summed E-state index contributed by atoms with van der Waals surface area (Å²) in [5.74, 6) is -1.26. The molecule has 0 spiro atoms. The summed E-state index contributed by atoms with van der Waals surface area (Å²) >= 11 is 0. The zero-order valence-corrected chi connectivity index (χ0v) is 19.4. The highest BCUT2D eigenvalue weighted by Gasteiger charge is 2.30. The first-order chi connectivity index (χ1) is 15.6. The number of benzene rings is 2. The Balaban J connectivity index is 1.95. The maximum absolute atomic E-state index is 12.9. The minimum absolute atomic E-state index is 0.0771. The Hall–Kier alpha value is -3.39. The van der Waals surface area contributed by atoms with Crippen molar-refractivity contribution in [3.8, 4) is 0 Å². The zero-order valence-electron chi connectivity index (χ0n) is 19.4. The van der Waals surface area contributed by atoms with Crippen molar-refractivity contribution in [2.45, 2.75) is 52.5 Å². The minimum Gasteiger partial charge on any atom is -0.445 e. The first kappa shape index (κ1) is 25.9. The molecular formula is C25H33N3O5. The molecule has 0 aliphatic carbocycles. The van der Waals surface area contributed by atoms with E-state index in [0.717, 1.165) is 11.1 Å². The van der Waals surface area contributed by atoms with Crippen molar-refractivity contribution in [1.82, 2.24) is 10.6 Å². The Bertz CT molecular complexity index is 897. The molecule has 2 atom stereocenters. The Kier molecular flexibility index (Phi) is 9.87. The average molecular weight is 456 g/mol. The van der Waals surface area contributed by atoms with Gasteiger partial charge in [0.25, 0.3) is 0 Å². The molecule has 0 aromatic heterocycles. The summed E-state index contributed by atoms with van der Waals surface area (Å²) in [7, 11) is 0. The maximum Gasteiger partial charge on any atom is 0.408 e. The molecule has 0 aliphatic heterocycles. The van der Waals surface area contributed by atoms with Crippen LogP contribution in [0.1, 0.15) is 38.3 Å². The molecule has 0 heterocycles. The molecule has 33 heavy (non-hydrogen) atoms. The van der Waals surface area contributed by atoms with Gasteiger partial charge >= 0.3 is 6.09 Å². The molecule has 8 nitrogen and oxygen atoms in total. The highest BCUT2D eigenvalue weighted by molar-refractivity contribution is 5.90. The number of rotatable bonds is 11. The normalized spacial score (nSPS) is 12.9. The molecule has 0 aliphatic rings. The van der Waals surface area contributed by atoms with Gasteiger partial charge < -0.3 is 25.8 Å². The lowest BCUT2D eigenvalue weighted by molar-refractivity contribution is -0.130. The lowest BCUT2D eigenvalue weighted by atomic mass is 9.87. The molecule has 0 bridgehead atoms. The smallest absolute Gasteiger partial charge is 0.408 e. The molecule has 0 saturated carbocycles. The first-order valence-electron chi connectivity index (χ1n) is 10.8. The number of carbonyl (C=O) groups excluding carboxylic acids is 3. The monoisotopic (exact) mass is 455 g/mol. The Morgan fingerprint density at radius 2 is 1.39 bits per heavy atom. The molecule has 0 saturated heterocycles. The lowest BCUT2D eigenvalue weighted by Gasteiger charge is -2.27. The standard InChI is InChI=1S/C25H33N3O5/c1-25(2,3)14-20(28-24(31)33-16-19-12-8-5-9-13-19)23(30)27-21(22(26)29)17-32-15-18-10-6-4-7-11-18/h4-13,20-21H,14-17H2,1-3H3,(H2,26,29)(H,27,30)(H,28,31)/t20-,21-/m0/s1. The van der Waals surface area contributed by atoms with Crippen LogP contribution in [0.4, 0.5) is 4.79 Å². The van der Waals surface area contributed by atoms with E-state index in [-0.39, 0.29) is 25.2 Å². The van der Waals surface area contributed by atoms with Crippen LogP contribution in [0.15, 0.2) is 60.7 Å². The molecule has 0 unspecified atom stereocenters. The highest BCUT2D eigenvalue weighted by atomic mass is 16.5. The number of carbonyl (C=O) groups is 3. The number of nitrogens with one attached hydrogen (secondary N) is 2. The van der Waals surface area contributed by atoms with Gasteiger partial charge in [-0.25, -0.2) is 4.79 Å². The summed E-state index contributed by atoms with van der Waals surface area (Å²) in [4.78, 5) is 37.2. The van der Waals surface area contributed by atoms with Gasteiger partial charge in [0.05, 0.1) is 13.2 Å². The van der Waals surface area contributed by atoms with Gasteiger partial charge in [-0.15, -0.1) is 0 Å². The molecule has 178 valence electrons. The fourth-order valence-corrected chi connectivity index (χ4v) is 3.06.